The van der Waals surface area contributed by atoms with E-state index in [1.165, 1.54) is 18.5 Å². The number of nitrogens with zero attached hydrogens (tertiary/aromatic N) is 1. The Morgan fingerprint density at radius 2 is 2.14 bits per heavy atom. The quantitative estimate of drug-likeness (QED) is 0.902. The number of sulfonamides is 1. The molecule has 5 nitrogen and oxygen atoms in total. The molecule has 0 bridgehead atoms. The van der Waals surface area contributed by atoms with Crippen LogP contribution in [0.4, 0.5) is 10.1 Å². The highest BCUT2D eigenvalue weighted by Gasteiger charge is 2.19. The van der Waals surface area contributed by atoms with Gasteiger partial charge in [0.1, 0.15) is 5.82 Å². The zero-order valence-corrected chi connectivity index (χ0v) is 12.5. The summed E-state index contributed by atoms with van der Waals surface area (Å²) < 4.78 is 40.5. The maximum absolute atomic E-state index is 13.6. The molecule has 1 aromatic heterocycles. The fourth-order valence-electron chi connectivity index (χ4n) is 1.68. The van der Waals surface area contributed by atoms with Gasteiger partial charge in [0, 0.05) is 18.0 Å². The van der Waals surface area contributed by atoms with Gasteiger partial charge in [-0.25, -0.2) is 12.8 Å². The number of rotatable bonds is 4. The number of halogens is 2. The van der Waals surface area contributed by atoms with Crippen molar-refractivity contribution in [3.05, 3.63) is 52.6 Å². The number of benzene rings is 1. The standard InChI is InChI=1S/C13H12ClFN2O3S/c1-8-6-16-3-2-12(8)17-21(19,20)10-4-9(7-18)13(14)11(15)5-10/h2-6,18H,7H2,1H3,(H,16,17). The summed E-state index contributed by atoms with van der Waals surface area (Å²) >= 11 is 5.64. The van der Waals surface area contributed by atoms with Gasteiger partial charge in [0.05, 0.1) is 22.2 Å². The van der Waals surface area contributed by atoms with E-state index < -0.39 is 22.4 Å². The van der Waals surface area contributed by atoms with Crippen LogP contribution in [0.15, 0.2) is 35.5 Å². The van der Waals surface area contributed by atoms with Crippen LogP contribution in [0.3, 0.4) is 0 Å². The molecule has 0 saturated carbocycles. The third-order valence-corrected chi connectivity index (χ3v) is 4.59. The van der Waals surface area contributed by atoms with E-state index in [-0.39, 0.29) is 15.5 Å². The molecule has 1 heterocycles. The first-order chi connectivity index (χ1) is 9.85. The van der Waals surface area contributed by atoms with Gasteiger partial charge in [-0.1, -0.05) is 11.6 Å². The number of aliphatic hydroxyl groups is 1. The van der Waals surface area contributed by atoms with Crippen molar-refractivity contribution in [2.24, 2.45) is 0 Å². The molecule has 0 fully saturated rings. The van der Waals surface area contributed by atoms with Crippen molar-refractivity contribution < 1.29 is 17.9 Å². The van der Waals surface area contributed by atoms with Gasteiger partial charge in [-0.3, -0.25) is 9.71 Å². The smallest absolute Gasteiger partial charge is 0.262 e. The monoisotopic (exact) mass is 330 g/mol. The molecule has 21 heavy (non-hydrogen) atoms. The number of anilines is 1. The SMILES string of the molecule is Cc1cnccc1NS(=O)(=O)c1cc(F)c(Cl)c(CO)c1. The molecule has 0 spiro atoms. The topological polar surface area (TPSA) is 79.3 Å². The van der Waals surface area contributed by atoms with Gasteiger partial charge in [-0.15, -0.1) is 0 Å². The molecular formula is C13H12ClFN2O3S. The highest BCUT2D eigenvalue weighted by molar-refractivity contribution is 7.92. The minimum Gasteiger partial charge on any atom is -0.392 e. The van der Waals surface area contributed by atoms with Crippen LogP contribution < -0.4 is 4.72 Å². The minimum atomic E-state index is -4.00. The average molecular weight is 331 g/mol. The molecular weight excluding hydrogens is 319 g/mol. The first-order valence-corrected chi connectivity index (χ1v) is 7.73. The molecule has 0 radical (unpaired) electrons. The van der Waals surface area contributed by atoms with Crippen LogP contribution in [0.5, 0.6) is 0 Å². The Morgan fingerprint density at radius 3 is 2.76 bits per heavy atom. The van der Waals surface area contributed by atoms with Crippen molar-refractivity contribution >= 4 is 27.3 Å². The Labute approximate surface area is 126 Å². The van der Waals surface area contributed by atoms with Gasteiger partial charge in [-0.2, -0.15) is 0 Å². The normalized spacial score (nSPS) is 11.4. The Balaban J connectivity index is 2.45. The number of pyridine rings is 1. The van der Waals surface area contributed by atoms with Crippen molar-refractivity contribution in [1.29, 1.82) is 0 Å². The maximum atomic E-state index is 13.6. The highest BCUT2D eigenvalue weighted by Crippen LogP contribution is 2.26. The van der Waals surface area contributed by atoms with Gasteiger partial charge >= 0.3 is 0 Å². The first-order valence-electron chi connectivity index (χ1n) is 5.87. The van der Waals surface area contributed by atoms with Crippen LogP contribution >= 0.6 is 11.6 Å². The van der Waals surface area contributed by atoms with Crippen LogP contribution in [0, 0.1) is 12.7 Å². The fraction of sp³-hybridized carbons (Fsp3) is 0.154. The average Bonchev–Trinajstić information content (AvgIpc) is 2.44. The van der Waals surface area contributed by atoms with Crippen LogP contribution in [-0.2, 0) is 16.6 Å². The summed E-state index contributed by atoms with van der Waals surface area (Å²) in [6, 6.07) is 3.43. The van der Waals surface area contributed by atoms with E-state index in [4.69, 9.17) is 16.7 Å². The Morgan fingerprint density at radius 1 is 1.43 bits per heavy atom. The minimum absolute atomic E-state index is 0.00323. The maximum Gasteiger partial charge on any atom is 0.262 e. The highest BCUT2D eigenvalue weighted by atomic mass is 35.5. The molecule has 0 unspecified atom stereocenters. The molecule has 0 aliphatic rings. The zero-order chi connectivity index (χ0) is 15.6. The predicted molar refractivity (Wildman–Crippen MR) is 77.1 cm³/mol. The zero-order valence-electron chi connectivity index (χ0n) is 11.0. The second-order valence-electron chi connectivity index (χ2n) is 4.33. The number of hydrogen-bond donors (Lipinski definition) is 2. The summed E-state index contributed by atoms with van der Waals surface area (Å²) in [4.78, 5) is 3.54. The van der Waals surface area contributed by atoms with Gasteiger partial charge in [0.25, 0.3) is 10.0 Å². The lowest BCUT2D eigenvalue weighted by Gasteiger charge is -2.12. The fourth-order valence-corrected chi connectivity index (χ4v) is 3.04. The molecule has 2 N–H and O–H groups in total. The predicted octanol–water partition coefficient (Wildman–Crippen LogP) is 2.48. The lowest BCUT2D eigenvalue weighted by molar-refractivity contribution is 0.281. The molecule has 0 atom stereocenters. The van der Waals surface area contributed by atoms with E-state index >= 15 is 0 Å². The number of nitrogens with one attached hydrogen (secondary N) is 1. The largest absolute Gasteiger partial charge is 0.392 e. The van der Waals surface area contributed by atoms with Crippen LogP contribution in [0.1, 0.15) is 11.1 Å². The van der Waals surface area contributed by atoms with Gasteiger partial charge in [0.15, 0.2) is 0 Å². The second kappa shape index (κ2) is 5.97. The molecule has 0 aliphatic heterocycles. The Bertz CT molecular complexity index is 781. The Kier molecular flexibility index (Phi) is 4.46. The molecule has 112 valence electrons. The van der Waals surface area contributed by atoms with Crippen molar-refractivity contribution in [3.8, 4) is 0 Å². The second-order valence-corrected chi connectivity index (χ2v) is 6.39. The van der Waals surface area contributed by atoms with E-state index in [1.807, 2.05) is 0 Å². The van der Waals surface area contributed by atoms with Crippen molar-refractivity contribution in [1.82, 2.24) is 4.98 Å². The summed E-state index contributed by atoms with van der Waals surface area (Å²) in [5, 5.41) is 8.80. The molecule has 0 saturated heterocycles. The molecule has 8 heteroatoms. The van der Waals surface area contributed by atoms with E-state index in [0.29, 0.717) is 11.3 Å². The van der Waals surface area contributed by atoms with E-state index in [2.05, 4.69) is 9.71 Å². The third kappa shape index (κ3) is 3.31. The summed E-state index contributed by atoms with van der Waals surface area (Å²) in [6.07, 6.45) is 2.94. The van der Waals surface area contributed by atoms with E-state index in [9.17, 15) is 12.8 Å². The summed E-state index contributed by atoms with van der Waals surface area (Å²) in [7, 11) is -4.00. The first kappa shape index (κ1) is 15.7. The number of aryl methyl sites for hydroxylation is 1. The van der Waals surface area contributed by atoms with Crippen molar-refractivity contribution in [3.63, 3.8) is 0 Å². The molecule has 0 aliphatic carbocycles. The van der Waals surface area contributed by atoms with E-state index in [0.717, 1.165) is 12.1 Å². The number of aliphatic hydroxyl groups excluding tert-OH is 1. The molecule has 0 amide bonds. The van der Waals surface area contributed by atoms with Crippen molar-refractivity contribution in [2.75, 3.05) is 4.72 Å². The van der Waals surface area contributed by atoms with Gasteiger partial charge in [-0.05, 0) is 30.7 Å². The summed E-state index contributed by atoms with van der Waals surface area (Å²) in [5.41, 5.74) is 0.965. The molecule has 1 aromatic carbocycles. The lowest BCUT2D eigenvalue weighted by atomic mass is 10.2. The Hall–Kier alpha value is -1.70. The van der Waals surface area contributed by atoms with E-state index in [1.54, 1.807) is 6.92 Å². The van der Waals surface area contributed by atoms with Gasteiger partial charge < -0.3 is 5.11 Å². The molecule has 2 rings (SSSR count). The van der Waals surface area contributed by atoms with Crippen LogP contribution in [-0.4, -0.2) is 18.5 Å². The molecule has 2 aromatic rings. The van der Waals surface area contributed by atoms with Crippen LogP contribution in [0.2, 0.25) is 5.02 Å². The van der Waals surface area contributed by atoms with Crippen LogP contribution in [0.25, 0.3) is 0 Å². The lowest BCUT2D eigenvalue weighted by Crippen LogP contribution is -2.14. The number of aromatic nitrogens is 1. The van der Waals surface area contributed by atoms with Crippen molar-refractivity contribution in [2.45, 2.75) is 18.4 Å². The number of hydrogen-bond acceptors (Lipinski definition) is 4. The van der Waals surface area contributed by atoms with Gasteiger partial charge in [0.2, 0.25) is 0 Å². The summed E-state index contributed by atoms with van der Waals surface area (Å²) in [6.45, 7) is 1.12. The summed E-state index contributed by atoms with van der Waals surface area (Å²) in [5.74, 6) is -0.907. The third-order valence-electron chi connectivity index (χ3n) is 2.82.